The zero-order valence-corrected chi connectivity index (χ0v) is 20.7. The molecular weight excluding hydrogens is 454 g/mol. The van der Waals surface area contributed by atoms with Crippen molar-refractivity contribution in [3.63, 3.8) is 0 Å². The lowest BCUT2D eigenvalue weighted by molar-refractivity contribution is -0.130. The van der Waals surface area contributed by atoms with Crippen molar-refractivity contribution in [3.8, 4) is 5.75 Å². The Morgan fingerprint density at radius 3 is 2.33 bits per heavy atom. The van der Waals surface area contributed by atoms with Gasteiger partial charge in [0, 0.05) is 31.1 Å². The van der Waals surface area contributed by atoms with E-state index in [0.717, 1.165) is 16.7 Å². The minimum atomic E-state index is -1.23. The molecule has 1 aliphatic rings. The second kappa shape index (κ2) is 11.8. The fourth-order valence-electron chi connectivity index (χ4n) is 4.14. The van der Waals surface area contributed by atoms with E-state index in [0.29, 0.717) is 31.1 Å². The Kier molecular flexibility index (Phi) is 8.36. The molecule has 0 aliphatic carbocycles. The Labute approximate surface area is 212 Å². The Bertz CT molecular complexity index is 1150. The van der Waals surface area contributed by atoms with Crippen molar-refractivity contribution in [2.24, 2.45) is 4.99 Å². The van der Waals surface area contributed by atoms with E-state index in [9.17, 15) is 4.79 Å². The van der Waals surface area contributed by atoms with Gasteiger partial charge in [0.15, 0.2) is 11.6 Å². The summed E-state index contributed by atoms with van der Waals surface area (Å²) < 4.78 is 12.1. The SMILES string of the molecule is CC(C)NNC(=O)[C@@]1(Cc2ccccc2)N=C(c2ccc(OCCCO)cc2)O[C@H]1c1ccccc1. The van der Waals surface area contributed by atoms with E-state index in [4.69, 9.17) is 19.6 Å². The van der Waals surface area contributed by atoms with E-state index in [2.05, 4.69) is 10.9 Å². The van der Waals surface area contributed by atoms with E-state index in [1.54, 1.807) is 0 Å². The summed E-state index contributed by atoms with van der Waals surface area (Å²) in [6.07, 6.45) is 0.311. The highest BCUT2D eigenvalue weighted by Crippen LogP contribution is 2.42. The first-order valence-electron chi connectivity index (χ1n) is 12.3. The van der Waals surface area contributed by atoms with Crippen molar-refractivity contribution in [1.29, 1.82) is 0 Å². The third kappa shape index (κ3) is 5.93. The first-order valence-corrected chi connectivity index (χ1v) is 12.3. The molecule has 3 aromatic carbocycles. The molecule has 1 amide bonds. The molecule has 0 fully saturated rings. The molecule has 0 saturated heterocycles. The molecule has 7 heteroatoms. The van der Waals surface area contributed by atoms with Crippen molar-refractivity contribution in [3.05, 3.63) is 102 Å². The summed E-state index contributed by atoms with van der Waals surface area (Å²) in [4.78, 5) is 18.8. The van der Waals surface area contributed by atoms with Crippen LogP contribution in [-0.2, 0) is 16.0 Å². The second-order valence-corrected chi connectivity index (χ2v) is 9.12. The lowest BCUT2D eigenvalue weighted by atomic mass is 9.82. The number of aliphatic imine (C=N–C) groups is 1. The van der Waals surface area contributed by atoms with Gasteiger partial charge >= 0.3 is 0 Å². The molecule has 0 aromatic heterocycles. The first-order chi connectivity index (χ1) is 17.5. The normalized spacial score (nSPS) is 19.0. The highest BCUT2D eigenvalue weighted by molar-refractivity contribution is 6.01. The second-order valence-electron chi connectivity index (χ2n) is 9.12. The molecule has 3 N–H and O–H groups in total. The van der Waals surface area contributed by atoms with Crippen LogP contribution in [0, 0.1) is 0 Å². The van der Waals surface area contributed by atoms with Gasteiger partial charge in [0.05, 0.1) is 6.61 Å². The number of carbonyl (C=O) groups excluding carboxylic acids is 1. The Balaban J connectivity index is 1.74. The van der Waals surface area contributed by atoms with Crippen LogP contribution in [0.15, 0.2) is 89.9 Å². The van der Waals surface area contributed by atoms with Crippen LogP contribution in [0.5, 0.6) is 5.75 Å². The van der Waals surface area contributed by atoms with Gasteiger partial charge in [-0.3, -0.25) is 10.2 Å². The fraction of sp³-hybridized carbons (Fsp3) is 0.310. The molecule has 0 saturated carbocycles. The number of amides is 1. The van der Waals surface area contributed by atoms with Gasteiger partial charge in [0.1, 0.15) is 5.75 Å². The molecular formula is C29H33N3O4. The van der Waals surface area contributed by atoms with Crippen LogP contribution in [0.2, 0.25) is 0 Å². The zero-order chi connectivity index (χ0) is 25.4. The van der Waals surface area contributed by atoms with Crippen LogP contribution in [0.1, 0.15) is 43.1 Å². The van der Waals surface area contributed by atoms with Gasteiger partial charge in [-0.15, -0.1) is 0 Å². The van der Waals surface area contributed by atoms with Crippen LogP contribution in [0.25, 0.3) is 0 Å². The number of rotatable bonds is 11. The summed E-state index contributed by atoms with van der Waals surface area (Å²) in [6, 6.07) is 27.1. The summed E-state index contributed by atoms with van der Waals surface area (Å²) >= 11 is 0. The molecule has 4 rings (SSSR count). The van der Waals surface area contributed by atoms with Gasteiger partial charge in [-0.1, -0.05) is 60.7 Å². The molecule has 1 heterocycles. The maximum Gasteiger partial charge on any atom is 0.266 e. The topological polar surface area (TPSA) is 92.2 Å². The smallest absolute Gasteiger partial charge is 0.266 e. The minimum Gasteiger partial charge on any atom is -0.494 e. The van der Waals surface area contributed by atoms with Crippen molar-refractivity contribution in [2.45, 2.75) is 44.4 Å². The Morgan fingerprint density at radius 2 is 1.69 bits per heavy atom. The monoisotopic (exact) mass is 487 g/mol. The number of nitrogens with one attached hydrogen (secondary N) is 2. The predicted molar refractivity (Wildman–Crippen MR) is 140 cm³/mol. The molecule has 0 spiro atoms. The van der Waals surface area contributed by atoms with Crippen LogP contribution in [0.3, 0.4) is 0 Å². The van der Waals surface area contributed by atoms with Gasteiger partial charge in [0.2, 0.25) is 5.90 Å². The van der Waals surface area contributed by atoms with E-state index in [1.807, 2.05) is 98.8 Å². The lowest BCUT2D eigenvalue weighted by Crippen LogP contribution is -2.55. The predicted octanol–water partition coefficient (Wildman–Crippen LogP) is 3.98. The number of nitrogens with zero attached hydrogens (tertiary/aromatic N) is 1. The van der Waals surface area contributed by atoms with Crippen molar-refractivity contribution in [1.82, 2.24) is 10.9 Å². The number of ether oxygens (including phenoxy) is 2. The van der Waals surface area contributed by atoms with E-state index in [-0.39, 0.29) is 18.6 Å². The summed E-state index contributed by atoms with van der Waals surface area (Å²) in [5.74, 6) is 0.842. The van der Waals surface area contributed by atoms with Gasteiger partial charge in [0.25, 0.3) is 5.91 Å². The van der Waals surface area contributed by atoms with E-state index < -0.39 is 11.6 Å². The number of hydrogen-bond acceptors (Lipinski definition) is 6. The largest absolute Gasteiger partial charge is 0.494 e. The standard InChI is InChI=1S/C29H33N3O4/c1-21(2)31-32-28(34)29(20-22-10-5-3-6-11-22)26(23-12-7-4-8-13-23)36-27(30-29)24-14-16-25(17-15-24)35-19-9-18-33/h3-8,10-17,21,26,31,33H,9,18-20H2,1-2H3,(H,32,34)/t26-,29-/m0/s1. The highest BCUT2D eigenvalue weighted by atomic mass is 16.5. The van der Waals surface area contributed by atoms with Gasteiger partial charge < -0.3 is 14.6 Å². The molecule has 1 aliphatic heterocycles. The molecule has 3 aromatic rings. The number of aliphatic hydroxyl groups excluding tert-OH is 1. The number of carbonyl (C=O) groups is 1. The number of benzene rings is 3. The molecule has 0 radical (unpaired) electrons. The average molecular weight is 488 g/mol. The van der Waals surface area contributed by atoms with Crippen molar-refractivity contribution >= 4 is 11.8 Å². The number of hydrogen-bond donors (Lipinski definition) is 3. The van der Waals surface area contributed by atoms with E-state index in [1.165, 1.54) is 0 Å². The maximum atomic E-state index is 13.8. The van der Waals surface area contributed by atoms with Gasteiger partial charge in [-0.2, -0.15) is 0 Å². The summed E-state index contributed by atoms with van der Waals surface area (Å²) in [5.41, 5.74) is 7.30. The molecule has 36 heavy (non-hydrogen) atoms. The maximum absolute atomic E-state index is 13.8. The minimum absolute atomic E-state index is 0.0575. The van der Waals surface area contributed by atoms with Gasteiger partial charge in [-0.05, 0) is 49.2 Å². The molecule has 0 unspecified atom stereocenters. The summed E-state index contributed by atoms with van der Waals surface area (Å²) in [7, 11) is 0. The molecule has 0 bridgehead atoms. The summed E-state index contributed by atoms with van der Waals surface area (Å²) in [5, 5.41) is 8.97. The Hall–Kier alpha value is -3.68. The number of aliphatic hydroxyl groups is 1. The van der Waals surface area contributed by atoms with Crippen LogP contribution in [-0.4, -0.2) is 41.7 Å². The van der Waals surface area contributed by atoms with E-state index >= 15 is 0 Å². The van der Waals surface area contributed by atoms with Crippen LogP contribution in [0.4, 0.5) is 0 Å². The summed E-state index contributed by atoms with van der Waals surface area (Å²) in [6.45, 7) is 4.44. The average Bonchev–Trinajstić information content (AvgIpc) is 3.29. The lowest BCUT2D eigenvalue weighted by Gasteiger charge is -2.31. The van der Waals surface area contributed by atoms with Crippen LogP contribution < -0.4 is 15.6 Å². The third-order valence-electron chi connectivity index (χ3n) is 5.92. The van der Waals surface area contributed by atoms with Crippen LogP contribution >= 0.6 is 0 Å². The Morgan fingerprint density at radius 1 is 1.03 bits per heavy atom. The van der Waals surface area contributed by atoms with Crippen molar-refractivity contribution < 1.29 is 19.4 Å². The highest BCUT2D eigenvalue weighted by Gasteiger charge is 2.53. The quantitative estimate of drug-likeness (QED) is 0.281. The van der Waals surface area contributed by atoms with Gasteiger partial charge in [-0.25, -0.2) is 10.4 Å². The number of hydrazine groups is 1. The molecule has 2 atom stereocenters. The third-order valence-corrected chi connectivity index (χ3v) is 5.92. The van der Waals surface area contributed by atoms with Crippen molar-refractivity contribution in [2.75, 3.05) is 13.2 Å². The molecule has 7 nitrogen and oxygen atoms in total. The fourth-order valence-corrected chi connectivity index (χ4v) is 4.14. The first kappa shape index (κ1) is 25.4. The molecule has 188 valence electrons. The zero-order valence-electron chi connectivity index (χ0n) is 20.7.